The van der Waals surface area contributed by atoms with Crippen LogP contribution in [0, 0.1) is 5.92 Å². The lowest BCUT2D eigenvalue weighted by Crippen LogP contribution is -2.34. The molecule has 0 aromatic rings. The average molecular weight is 354 g/mol. The molecule has 0 bridgehead atoms. The fourth-order valence-electron chi connectivity index (χ4n) is 1.92. The van der Waals surface area contributed by atoms with Gasteiger partial charge in [0.25, 0.3) is 0 Å². The predicted molar refractivity (Wildman–Crippen MR) is 85.0 cm³/mol. The summed E-state index contributed by atoms with van der Waals surface area (Å²) in [7, 11) is 2.18. The van der Waals surface area contributed by atoms with Crippen LogP contribution in [0.15, 0.2) is 4.99 Å². The fourth-order valence-corrected chi connectivity index (χ4v) is 1.92. The maximum atomic E-state index is 5.79. The molecule has 5 heteroatoms. The first-order chi connectivity index (χ1) is 7.72. The third kappa shape index (κ3) is 7.81. The largest absolute Gasteiger partial charge is 0.370 e. The van der Waals surface area contributed by atoms with E-state index < -0.39 is 0 Å². The SMILES string of the molecule is CCCCNC(N)=NCC1CCN(C)CC1.I. The molecule has 0 atom stereocenters. The number of unbranched alkanes of at least 4 members (excludes halogenated alkanes) is 1. The topological polar surface area (TPSA) is 53.6 Å². The molecule has 102 valence electrons. The van der Waals surface area contributed by atoms with Gasteiger partial charge in [-0.1, -0.05) is 13.3 Å². The molecule has 0 amide bonds. The highest BCUT2D eigenvalue weighted by Crippen LogP contribution is 2.15. The number of guanidine groups is 1. The van der Waals surface area contributed by atoms with E-state index in [1.807, 2.05) is 0 Å². The summed E-state index contributed by atoms with van der Waals surface area (Å²) in [6, 6.07) is 0. The summed E-state index contributed by atoms with van der Waals surface area (Å²) in [6.45, 7) is 6.40. The van der Waals surface area contributed by atoms with Crippen molar-refractivity contribution in [1.29, 1.82) is 0 Å². The van der Waals surface area contributed by atoms with Crippen molar-refractivity contribution in [3.63, 3.8) is 0 Å². The lowest BCUT2D eigenvalue weighted by molar-refractivity contribution is 0.223. The molecule has 0 aromatic heterocycles. The van der Waals surface area contributed by atoms with Gasteiger partial charge in [0.1, 0.15) is 0 Å². The lowest BCUT2D eigenvalue weighted by atomic mass is 9.97. The monoisotopic (exact) mass is 354 g/mol. The van der Waals surface area contributed by atoms with Gasteiger partial charge < -0.3 is 16.0 Å². The van der Waals surface area contributed by atoms with Crippen molar-refractivity contribution in [2.75, 3.05) is 33.2 Å². The minimum absolute atomic E-state index is 0. The van der Waals surface area contributed by atoms with Crippen LogP contribution in [0.3, 0.4) is 0 Å². The number of hydrogen-bond donors (Lipinski definition) is 2. The molecule has 4 nitrogen and oxygen atoms in total. The van der Waals surface area contributed by atoms with E-state index in [1.165, 1.54) is 32.4 Å². The number of nitrogens with zero attached hydrogens (tertiary/aromatic N) is 2. The van der Waals surface area contributed by atoms with E-state index in [9.17, 15) is 0 Å². The van der Waals surface area contributed by atoms with E-state index in [2.05, 4.69) is 29.2 Å². The molecule has 1 rings (SSSR count). The summed E-state index contributed by atoms with van der Waals surface area (Å²) in [5, 5.41) is 3.15. The first-order valence-corrected chi connectivity index (χ1v) is 6.44. The number of likely N-dealkylation sites (tertiary alicyclic amines) is 1. The highest BCUT2D eigenvalue weighted by Gasteiger charge is 2.15. The Kier molecular flexibility index (Phi) is 9.91. The van der Waals surface area contributed by atoms with Crippen LogP contribution in [0.2, 0.25) is 0 Å². The standard InChI is InChI=1S/C12H26N4.HI/c1-3-4-7-14-12(13)15-10-11-5-8-16(2)9-6-11;/h11H,3-10H2,1-2H3,(H3,13,14,15);1H. The zero-order valence-electron chi connectivity index (χ0n) is 11.1. The van der Waals surface area contributed by atoms with Crippen molar-refractivity contribution in [2.24, 2.45) is 16.6 Å². The third-order valence-corrected chi connectivity index (χ3v) is 3.19. The van der Waals surface area contributed by atoms with Gasteiger partial charge >= 0.3 is 0 Å². The summed E-state index contributed by atoms with van der Waals surface area (Å²) < 4.78 is 0. The zero-order chi connectivity index (χ0) is 11.8. The van der Waals surface area contributed by atoms with Crippen molar-refractivity contribution in [3.05, 3.63) is 0 Å². The Labute approximate surface area is 122 Å². The second-order valence-electron chi connectivity index (χ2n) is 4.75. The van der Waals surface area contributed by atoms with Crippen molar-refractivity contribution in [2.45, 2.75) is 32.6 Å². The summed E-state index contributed by atoms with van der Waals surface area (Å²) in [5.41, 5.74) is 5.79. The number of aliphatic imine (C=N–C) groups is 1. The summed E-state index contributed by atoms with van der Waals surface area (Å²) in [4.78, 5) is 6.79. The molecule has 0 aromatic carbocycles. The van der Waals surface area contributed by atoms with Gasteiger partial charge in [0.05, 0.1) is 0 Å². The van der Waals surface area contributed by atoms with Gasteiger partial charge in [0.2, 0.25) is 0 Å². The molecule has 0 unspecified atom stereocenters. The number of hydrogen-bond acceptors (Lipinski definition) is 2. The normalized spacial score (nSPS) is 18.8. The van der Waals surface area contributed by atoms with E-state index in [-0.39, 0.29) is 24.0 Å². The Morgan fingerprint density at radius 1 is 1.41 bits per heavy atom. The van der Waals surface area contributed by atoms with Crippen molar-refractivity contribution < 1.29 is 0 Å². The van der Waals surface area contributed by atoms with Gasteiger partial charge in [-0.25, -0.2) is 0 Å². The van der Waals surface area contributed by atoms with Gasteiger partial charge in [0, 0.05) is 13.1 Å². The maximum absolute atomic E-state index is 5.79. The van der Waals surface area contributed by atoms with Crippen molar-refractivity contribution >= 4 is 29.9 Å². The fraction of sp³-hybridized carbons (Fsp3) is 0.917. The minimum Gasteiger partial charge on any atom is -0.370 e. The van der Waals surface area contributed by atoms with Crippen molar-refractivity contribution in [1.82, 2.24) is 10.2 Å². The second kappa shape index (κ2) is 9.94. The van der Waals surface area contributed by atoms with E-state index >= 15 is 0 Å². The number of nitrogens with one attached hydrogen (secondary N) is 1. The highest BCUT2D eigenvalue weighted by atomic mass is 127. The summed E-state index contributed by atoms with van der Waals surface area (Å²) in [6.07, 6.45) is 4.85. The first-order valence-electron chi connectivity index (χ1n) is 6.44. The van der Waals surface area contributed by atoms with Crippen LogP contribution in [0.4, 0.5) is 0 Å². The lowest BCUT2D eigenvalue weighted by Gasteiger charge is -2.27. The molecule has 1 fully saturated rings. The van der Waals surface area contributed by atoms with Crippen LogP contribution in [0.25, 0.3) is 0 Å². The molecule has 1 aliphatic heterocycles. The van der Waals surface area contributed by atoms with Gasteiger partial charge in [-0.05, 0) is 45.3 Å². The quantitative estimate of drug-likeness (QED) is 0.342. The number of rotatable bonds is 5. The van der Waals surface area contributed by atoms with E-state index in [1.54, 1.807) is 0 Å². The first kappa shape index (κ1) is 17.0. The highest BCUT2D eigenvalue weighted by molar-refractivity contribution is 14.0. The van der Waals surface area contributed by atoms with Crippen LogP contribution in [-0.4, -0.2) is 44.1 Å². The third-order valence-electron chi connectivity index (χ3n) is 3.19. The number of piperidine rings is 1. The van der Waals surface area contributed by atoms with Gasteiger partial charge in [-0.2, -0.15) is 0 Å². The molecule has 0 spiro atoms. The van der Waals surface area contributed by atoms with Crippen molar-refractivity contribution in [3.8, 4) is 0 Å². The van der Waals surface area contributed by atoms with E-state index in [0.29, 0.717) is 5.96 Å². The van der Waals surface area contributed by atoms with Crippen LogP contribution in [-0.2, 0) is 0 Å². The smallest absolute Gasteiger partial charge is 0.188 e. The number of halogens is 1. The maximum Gasteiger partial charge on any atom is 0.188 e. The van der Waals surface area contributed by atoms with Crippen LogP contribution in [0.1, 0.15) is 32.6 Å². The average Bonchev–Trinajstić information content (AvgIpc) is 2.29. The van der Waals surface area contributed by atoms with Gasteiger partial charge in [-0.15, -0.1) is 24.0 Å². The molecule has 1 aliphatic rings. The molecule has 1 saturated heterocycles. The van der Waals surface area contributed by atoms with E-state index in [0.717, 1.165) is 25.4 Å². The summed E-state index contributed by atoms with van der Waals surface area (Å²) >= 11 is 0. The Morgan fingerprint density at radius 3 is 2.65 bits per heavy atom. The Morgan fingerprint density at radius 2 is 2.06 bits per heavy atom. The zero-order valence-corrected chi connectivity index (χ0v) is 13.4. The molecule has 17 heavy (non-hydrogen) atoms. The molecule has 0 radical (unpaired) electrons. The molecular weight excluding hydrogens is 327 g/mol. The predicted octanol–water partition coefficient (Wildman–Crippen LogP) is 1.65. The molecule has 0 aliphatic carbocycles. The van der Waals surface area contributed by atoms with E-state index in [4.69, 9.17) is 5.73 Å². The van der Waals surface area contributed by atoms with Crippen LogP contribution >= 0.6 is 24.0 Å². The van der Waals surface area contributed by atoms with Gasteiger partial charge in [-0.3, -0.25) is 4.99 Å². The molecular formula is C12H27IN4. The van der Waals surface area contributed by atoms with Crippen LogP contribution in [0.5, 0.6) is 0 Å². The molecule has 3 N–H and O–H groups in total. The summed E-state index contributed by atoms with van der Waals surface area (Å²) in [5.74, 6) is 1.34. The Balaban J connectivity index is 0.00000256. The van der Waals surface area contributed by atoms with Gasteiger partial charge in [0.15, 0.2) is 5.96 Å². The number of nitrogens with two attached hydrogens (primary N) is 1. The molecule has 0 saturated carbocycles. The van der Waals surface area contributed by atoms with Crippen LogP contribution < -0.4 is 11.1 Å². The Hall–Kier alpha value is -0.0400. The minimum atomic E-state index is 0. The Bertz CT molecular complexity index is 213. The molecule has 1 heterocycles. The second-order valence-corrected chi connectivity index (χ2v) is 4.75.